The van der Waals surface area contributed by atoms with Crippen molar-refractivity contribution in [1.82, 2.24) is 0 Å². The van der Waals surface area contributed by atoms with Gasteiger partial charge in [-0.2, -0.15) is 0 Å². The highest BCUT2D eigenvalue weighted by Crippen LogP contribution is 2.33. The summed E-state index contributed by atoms with van der Waals surface area (Å²) in [5.41, 5.74) is 2.38. The van der Waals surface area contributed by atoms with Gasteiger partial charge < -0.3 is 19.5 Å². The summed E-state index contributed by atoms with van der Waals surface area (Å²) in [5.74, 6) is 1.41. The average molecular weight is 305 g/mol. The third-order valence-electron chi connectivity index (χ3n) is 3.38. The Kier molecular flexibility index (Phi) is 4.06. The van der Waals surface area contributed by atoms with Crippen LogP contribution in [0, 0.1) is 0 Å². The quantitative estimate of drug-likeness (QED) is 0.841. The number of hydrogen-bond donors (Lipinski definition) is 2. The summed E-state index contributed by atoms with van der Waals surface area (Å²) in [6.07, 6.45) is 0.856. The van der Waals surface area contributed by atoms with Crippen LogP contribution in [0.5, 0.6) is 11.5 Å². The standard InChI is InChI=1S/C15H14BClO4/c17-13-6-10-4-5-20-15(10)11(7-13)9-21-14-3-1-2-12(8-14)16(18)19/h1-3,6-8,18-19H,4-5,9H2. The van der Waals surface area contributed by atoms with Crippen molar-refractivity contribution in [3.05, 3.63) is 52.5 Å². The van der Waals surface area contributed by atoms with Gasteiger partial charge >= 0.3 is 7.12 Å². The first-order valence-electron chi connectivity index (χ1n) is 6.66. The molecule has 1 aliphatic heterocycles. The number of hydrogen-bond acceptors (Lipinski definition) is 4. The molecule has 0 aromatic heterocycles. The SMILES string of the molecule is OB(O)c1cccc(OCc2cc(Cl)cc3c2OCC3)c1. The zero-order chi connectivity index (χ0) is 14.8. The van der Waals surface area contributed by atoms with Gasteiger partial charge in [0.15, 0.2) is 0 Å². The molecule has 6 heteroatoms. The van der Waals surface area contributed by atoms with E-state index in [1.807, 2.05) is 12.1 Å². The van der Waals surface area contributed by atoms with Gasteiger partial charge in [-0.3, -0.25) is 0 Å². The molecule has 0 bridgehead atoms. The third-order valence-corrected chi connectivity index (χ3v) is 3.59. The van der Waals surface area contributed by atoms with Gasteiger partial charge in [-0.05, 0) is 35.3 Å². The van der Waals surface area contributed by atoms with Crippen LogP contribution in [0.4, 0.5) is 0 Å². The zero-order valence-electron chi connectivity index (χ0n) is 11.3. The largest absolute Gasteiger partial charge is 0.493 e. The van der Waals surface area contributed by atoms with E-state index in [1.165, 1.54) is 0 Å². The van der Waals surface area contributed by atoms with E-state index >= 15 is 0 Å². The molecule has 4 nitrogen and oxygen atoms in total. The molecule has 108 valence electrons. The Balaban J connectivity index is 1.78. The Bertz CT molecular complexity index is 660. The van der Waals surface area contributed by atoms with Crippen LogP contribution in [0.2, 0.25) is 5.02 Å². The van der Waals surface area contributed by atoms with Gasteiger partial charge in [0.05, 0.1) is 6.61 Å². The molecular formula is C15H14BClO4. The first-order chi connectivity index (χ1) is 10.1. The van der Waals surface area contributed by atoms with Crippen molar-refractivity contribution < 1.29 is 19.5 Å². The number of rotatable bonds is 4. The van der Waals surface area contributed by atoms with Crippen molar-refractivity contribution in [2.24, 2.45) is 0 Å². The molecule has 2 N–H and O–H groups in total. The fourth-order valence-electron chi connectivity index (χ4n) is 2.38. The van der Waals surface area contributed by atoms with Gasteiger partial charge in [0.1, 0.15) is 18.1 Å². The highest BCUT2D eigenvalue weighted by atomic mass is 35.5. The van der Waals surface area contributed by atoms with Gasteiger partial charge in [0.25, 0.3) is 0 Å². The minimum absolute atomic E-state index is 0.313. The van der Waals surface area contributed by atoms with Crippen LogP contribution in [-0.2, 0) is 13.0 Å². The Hall–Kier alpha value is -1.69. The van der Waals surface area contributed by atoms with Gasteiger partial charge in [-0.25, -0.2) is 0 Å². The topological polar surface area (TPSA) is 58.9 Å². The summed E-state index contributed by atoms with van der Waals surface area (Å²) in [4.78, 5) is 0. The minimum Gasteiger partial charge on any atom is -0.493 e. The lowest BCUT2D eigenvalue weighted by atomic mass is 9.80. The van der Waals surface area contributed by atoms with Crippen LogP contribution in [0.15, 0.2) is 36.4 Å². The molecule has 1 heterocycles. The monoisotopic (exact) mass is 304 g/mol. The molecule has 0 spiro atoms. The number of fused-ring (bicyclic) bond motifs is 1. The molecule has 3 rings (SSSR count). The summed E-state index contributed by atoms with van der Waals surface area (Å²) in [6, 6.07) is 10.4. The summed E-state index contributed by atoms with van der Waals surface area (Å²) in [6.45, 7) is 0.975. The molecule has 21 heavy (non-hydrogen) atoms. The molecule has 0 aliphatic carbocycles. The van der Waals surface area contributed by atoms with Crippen LogP contribution in [0.3, 0.4) is 0 Å². The van der Waals surface area contributed by atoms with Gasteiger partial charge in [-0.15, -0.1) is 0 Å². The van der Waals surface area contributed by atoms with E-state index in [4.69, 9.17) is 31.1 Å². The lowest BCUT2D eigenvalue weighted by Crippen LogP contribution is -2.29. The Labute approximate surface area is 128 Å². The van der Waals surface area contributed by atoms with Crippen molar-refractivity contribution in [3.63, 3.8) is 0 Å². The van der Waals surface area contributed by atoms with E-state index < -0.39 is 7.12 Å². The van der Waals surface area contributed by atoms with Crippen molar-refractivity contribution in [2.75, 3.05) is 6.61 Å². The summed E-state index contributed by atoms with van der Waals surface area (Å²) in [5, 5.41) is 19.0. The Morgan fingerprint density at radius 2 is 2.10 bits per heavy atom. The van der Waals surface area contributed by atoms with Crippen molar-refractivity contribution in [3.8, 4) is 11.5 Å². The molecule has 0 amide bonds. The van der Waals surface area contributed by atoms with Crippen LogP contribution >= 0.6 is 11.6 Å². The maximum absolute atomic E-state index is 9.16. The molecule has 0 saturated heterocycles. The van der Waals surface area contributed by atoms with Crippen molar-refractivity contribution in [1.29, 1.82) is 0 Å². The Morgan fingerprint density at radius 1 is 1.24 bits per heavy atom. The smallest absolute Gasteiger partial charge is 0.488 e. The van der Waals surface area contributed by atoms with Crippen LogP contribution < -0.4 is 14.9 Å². The molecule has 2 aromatic rings. The molecule has 2 aromatic carbocycles. The normalized spacial score (nSPS) is 12.7. The summed E-state index contributed by atoms with van der Waals surface area (Å²) in [7, 11) is -1.51. The lowest BCUT2D eigenvalue weighted by Gasteiger charge is -2.11. The highest BCUT2D eigenvalue weighted by molar-refractivity contribution is 6.58. The van der Waals surface area contributed by atoms with Gasteiger partial charge in [0.2, 0.25) is 0 Å². The predicted octanol–water partition coefficient (Wildman–Crippen LogP) is 1.53. The first-order valence-corrected chi connectivity index (χ1v) is 7.04. The maximum Gasteiger partial charge on any atom is 0.488 e. The van der Waals surface area contributed by atoms with E-state index in [0.717, 1.165) is 23.3 Å². The van der Waals surface area contributed by atoms with Crippen molar-refractivity contribution >= 4 is 24.2 Å². The second-order valence-electron chi connectivity index (χ2n) is 4.89. The first kappa shape index (κ1) is 14.3. The van der Waals surface area contributed by atoms with Gasteiger partial charge in [0, 0.05) is 17.0 Å². The molecule has 0 radical (unpaired) electrons. The van der Waals surface area contributed by atoms with E-state index in [-0.39, 0.29) is 0 Å². The summed E-state index contributed by atoms with van der Waals surface area (Å²) >= 11 is 6.10. The fraction of sp³-hybridized carbons (Fsp3) is 0.200. The van der Waals surface area contributed by atoms with E-state index in [9.17, 15) is 0 Å². The Morgan fingerprint density at radius 3 is 2.90 bits per heavy atom. The molecule has 0 saturated carbocycles. The molecule has 0 unspecified atom stereocenters. The predicted molar refractivity (Wildman–Crippen MR) is 81.3 cm³/mol. The molecule has 1 aliphatic rings. The summed E-state index contributed by atoms with van der Waals surface area (Å²) < 4.78 is 11.3. The second-order valence-corrected chi connectivity index (χ2v) is 5.32. The maximum atomic E-state index is 9.16. The zero-order valence-corrected chi connectivity index (χ0v) is 12.0. The molecule has 0 atom stereocenters. The highest BCUT2D eigenvalue weighted by Gasteiger charge is 2.18. The van der Waals surface area contributed by atoms with E-state index in [1.54, 1.807) is 24.3 Å². The van der Waals surface area contributed by atoms with E-state index in [2.05, 4.69) is 0 Å². The van der Waals surface area contributed by atoms with Crippen LogP contribution in [-0.4, -0.2) is 23.8 Å². The number of benzene rings is 2. The number of halogens is 1. The van der Waals surface area contributed by atoms with Gasteiger partial charge in [-0.1, -0.05) is 23.7 Å². The third kappa shape index (κ3) is 3.15. The van der Waals surface area contributed by atoms with Crippen molar-refractivity contribution in [2.45, 2.75) is 13.0 Å². The molecular weight excluding hydrogens is 290 g/mol. The van der Waals surface area contributed by atoms with E-state index in [0.29, 0.717) is 29.4 Å². The minimum atomic E-state index is -1.51. The van der Waals surface area contributed by atoms with Crippen LogP contribution in [0.1, 0.15) is 11.1 Å². The van der Waals surface area contributed by atoms with Crippen LogP contribution in [0.25, 0.3) is 0 Å². The number of ether oxygens (including phenoxy) is 2. The average Bonchev–Trinajstić information content (AvgIpc) is 2.93. The molecule has 0 fully saturated rings. The second kappa shape index (κ2) is 5.97. The lowest BCUT2D eigenvalue weighted by molar-refractivity contribution is 0.292. The fourth-order valence-corrected chi connectivity index (χ4v) is 2.64.